The molecule has 1 amide bonds. The van der Waals surface area contributed by atoms with Crippen molar-refractivity contribution in [3.63, 3.8) is 0 Å². The largest absolute Gasteiger partial charge is 0.304 e. The van der Waals surface area contributed by atoms with Gasteiger partial charge in [-0.15, -0.1) is 0 Å². The van der Waals surface area contributed by atoms with Crippen LogP contribution in [0.2, 0.25) is 0 Å². The van der Waals surface area contributed by atoms with E-state index in [9.17, 15) is 19.2 Å². The topological polar surface area (TPSA) is 81.7 Å². The molecule has 0 bridgehead atoms. The molecule has 1 saturated heterocycles. The highest BCUT2D eigenvalue weighted by atomic mass is 19.1. The minimum Gasteiger partial charge on any atom is -0.304 e. The van der Waals surface area contributed by atoms with Crippen molar-refractivity contribution >= 4 is 17.3 Å². The number of piperidine rings is 1. The van der Waals surface area contributed by atoms with Crippen LogP contribution in [0.5, 0.6) is 0 Å². The van der Waals surface area contributed by atoms with Crippen molar-refractivity contribution in [2.45, 2.75) is 37.8 Å². The van der Waals surface area contributed by atoms with Crippen LogP contribution in [-0.2, 0) is 9.59 Å². The summed E-state index contributed by atoms with van der Waals surface area (Å²) in [6.07, 6.45) is 5.00. The monoisotopic (exact) mass is 387 g/mol. The van der Waals surface area contributed by atoms with Gasteiger partial charge < -0.3 is 5.32 Å². The number of halogens is 1. The first kappa shape index (κ1) is 19.2. The van der Waals surface area contributed by atoms with Crippen LogP contribution in [0.15, 0.2) is 30.3 Å². The summed E-state index contributed by atoms with van der Waals surface area (Å²) in [6, 6.07) is 5.47. The fourth-order valence-electron chi connectivity index (χ4n) is 4.90. The molecule has 1 aliphatic carbocycles. The van der Waals surface area contributed by atoms with E-state index < -0.39 is 23.9 Å². The summed E-state index contributed by atoms with van der Waals surface area (Å²) in [7, 11) is 1.87. The van der Waals surface area contributed by atoms with Gasteiger partial charge in [-0.3, -0.25) is 19.7 Å². The number of ketones is 1. The number of amides is 1. The molecule has 1 aromatic rings. The number of benzene rings is 1. The van der Waals surface area contributed by atoms with E-state index in [-0.39, 0.29) is 17.0 Å². The molecule has 1 aromatic carbocycles. The molecule has 1 spiro atoms. The molecule has 4 rings (SSSR count). The lowest BCUT2D eigenvalue weighted by atomic mass is 9.77. The first-order valence-electron chi connectivity index (χ1n) is 9.79. The van der Waals surface area contributed by atoms with Gasteiger partial charge in [0, 0.05) is 18.7 Å². The van der Waals surface area contributed by atoms with Gasteiger partial charge >= 0.3 is 0 Å². The van der Waals surface area contributed by atoms with E-state index >= 15 is 0 Å². The van der Waals surface area contributed by atoms with Gasteiger partial charge in [-0.1, -0.05) is 24.3 Å². The number of nitrogens with zero attached hydrogens (tertiary/aromatic N) is 1. The molecular formula is C21H26FN3O3. The van der Waals surface area contributed by atoms with Crippen LogP contribution in [0.3, 0.4) is 0 Å². The molecule has 3 atom stereocenters. The molecule has 6 nitrogen and oxygen atoms in total. The summed E-state index contributed by atoms with van der Waals surface area (Å²) in [4.78, 5) is 27.7. The average Bonchev–Trinajstić information content (AvgIpc) is 3.45. The molecule has 0 radical (unpaired) electrons. The van der Waals surface area contributed by atoms with Crippen LogP contribution in [0.1, 0.15) is 31.2 Å². The van der Waals surface area contributed by atoms with Gasteiger partial charge in [-0.05, 0) is 49.8 Å². The molecule has 2 aliphatic heterocycles. The maximum atomic E-state index is 14.2. The van der Waals surface area contributed by atoms with Crippen molar-refractivity contribution in [2.75, 3.05) is 20.1 Å². The molecule has 2 fully saturated rings. The number of hydrogen-bond acceptors (Lipinski definition) is 5. The Labute approximate surface area is 163 Å². The lowest BCUT2D eigenvalue weighted by Gasteiger charge is -2.43. The third-order valence-corrected chi connectivity index (χ3v) is 6.49. The molecule has 150 valence electrons. The van der Waals surface area contributed by atoms with Gasteiger partial charge in [0.2, 0.25) is 5.91 Å². The zero-order valence-electron chi connectivity index (χ0n) is 16.0. The van der Waals surface area contributed by atoms with Crippen LogP contribution in [0.4, 0.5) is 4.39 Å². The van der Waals surface area contributed by atoms with Crippen molar-refractivity contribution < 1.29 is 19.2 Å². The van der Waals surface area contributed by atoms with Gasteiger partial charge in [0.1, 0.15) is 5.82 Å². The lowest BCUT2D eigenvalue weighted by Crippen LogP contribution is -2.60. The molecule has 3 N–H and O–H groups in total. The molecule has 2 heterocycles. The van der Waals surface area contributed by atoms with Crippen LogP contribution >= 0.6 is 0 Å². The Kier molecular flexibility index (Phi) is 5.07. The van der Waals surface area contributed by atoms with Gasteiger partial charge in [-0.2, -0.15) is 0 Å². The van der Waals surface area contributed by atoms with Crippen molar-refractivity contribution in [3.05, 3.63) is 41.7 Å². The molecule has 7 heteroatoms. The first-order valence-corrected chi connectivity index (χ1v) is 9.79. The summed E-state index contributed by atoms with van der Waals surface area (Å²) in [6.45, 7) is 1.25. The number of Topliss-reactive ketones (excluding diaryl/α,β-unsaturated/α-hetero) is 1. The van der Waals surface area contributed by atoms with Crippen LogP contribution in [0.25, 0.3) is 5.57 Å². The number of likely N-dealkylation sites (tertiary alicyclic amines) is 1. The summed E-state index contributed by atoms with van der Waals surface area (Å²) in [5.74, 6) is -1.46. The van der Waals surface area contributed by atoms with E-state index in [0.29, 0.717) is 24.9 Å². The van der Waals surface area contributed by atoms with E-state index in [0.717, 1.165) is 25.0 Å². The van der Waals surface area contributed by atoms with E-state index in [1.165, 1.54) is 6.07 Å². The quantitative estimate of drug-likeness (QED) is 0.542. The predicted octanol–water partition coefficient (Wildman–Crippen LogP) is 1.75. The summed E-state index contributed by atoms with van der Waals surface area (Å²) in [5.41, 5.74) is 3.17. The van der Waals surface area contributed by atoms with E-state index in [1.54, 1.807) is 23.7 Å². The molecule has 28 heavy (non-hydrogen) atoms. The highest BCUT2D eigenvalue weighted by Gasteiger charge is 2.55. The number of hydrogen-bond donors (Lipinski definition) is 3. The third kappa shape index (κ3) is 3.50. The van der Waals surface area contributed by atoms with Crippen molar-refractivity contribution in [3.8, 4) is 0 Å². The van der Waals surface area contributed by atoms with Gasteiger partial charge in [0.15, 0.2) is 5.78 Å². The number of nitrogens with one attached hydrogen (secondary N) is 2. The smallest absolute Gasteiger partial charge is 0.248 e. The highest BCUT2D eigenvalue weighted by molar-refractivity contribution is 5.96. The SMILES string of the molecule is CN1CC2(CC2)CC(C(=O)NO)C1C(=O)C1CC(c2ccccc2F)=CCN1. The number of hydroxylamine groups is 1. The Balaban J connectivity index is 1.55. The van der Waals surface area contributed by atoms with Gasteiger partial charge in [-0.25, -0.2) is 9.87 Å². The zero-order valence-corrected chi connectivity index (χ0v) is 16.0. The van der Waals surface area contributed by atoms with E-state index in [1.807, 2.05) is 18.0 Å². The zero-order chi connectivity index (χ0) is 19.9. The second kappa shape index (κ2) is 7.39. The molecule has 3 unspecified atom stereocenters. The summed E-state index contributed by atoms with van der Waals surface area (Å²) < 4.78 is 14.2. The highest BCUT2D eigenvalue weighted by Crippen LogP contribution is 2.54. The van der Waals surface area contributed by atoms with Crippen molar-refractivity contribution in [1.29, 1.82) is 0 Å². The Morgan fingerprint density at radius 1 is 1.32 bits per heavy atom. The Hall–Kier alpha value is -2.09. The van der Waals surface area contributed by atoms with Gasteiger partial charge in [0.25, 0.3) is 0 Å². The summed E-state index contributed by atoms with van der Waals surface area (Å²) in [5, 5.41) is 12.4. The van der Waals surface area contributed by atoms with Gasteiger partial charge in [0.05, 0.1) is 18.0 Å². The number of carbonyl (C=O) groups is 2. The lowest BCUT2D eigenvalue weighted by molar-refractivity contribution is -0.145. The molecule has 1 saturated carbocycles. The molecular weight excluding hydrogens is 361 g/mol. The first-order chi connectivity index (χ1) is 13.4. The average molecular weight is 387 g/mol. The number of rotatable bonds is 4. The third-order valence-electron chi connectivity index (χ3n) is 6.49. The fourth-order valence-corrected chi connectivity index (χ4v) is 4.90. The minimum atomic E-state index is -0.601. The summed E-state index contributed by atoms with van der Waals surface area (Å²) >= 11 is 0. The Morgan fingerprint density at radius 3 is 2.75 bits per heavy atom. The second-order valence-corrected chi connectivity index (χ2v) is 8.42. The second-order valence-electron chi connectivity index (χ2n) is 8.42. The maximum Gasteiger partial charge on any atom is 0.248 e. The van der Waals surface area contributed by atoms with E-state index in [2.05, 4.69) is 5.32 Å². The Morgan fingerprint density at radius 2 is 2.07 bits per heavy atom. The maximum absolute atomic E-state index is 14.2. The predicted molar refractivity (Wildman–Crippen MR) is 102 cm³/mol. The normalized spacial score (nSPS) is 29.2. The molecule has 3 aliphatic rings. The van der Waals surface area contributed by atoms with Crippen LogP contribution < -0.4 is 10.8 Å². The fraction of sp³-hybridized carbons (Fsp3) is 0.524. The Bertz CT molecular complexity index is 821. The van der Waals surface area contributed by atoms with Crippen LogP contribution in [-0.4, -0.2) is 54.0 Å². The number of likely N-dealkylation sites (N-methyl/N-ethyl adjacent to an activating group) is 1. The van der Waals surface area contributed by atoms with Crippen molar-refractivity contribution in [2.24, 2.45) is 11.3 Å². The standard InChI is InChI=1S/C21H26FN3O3/c1-25-12-21(7-8-21)11-15(20(27)24-28)18(25)19(26)17-10-13(6-9-23-17)14-4-2-3-5-16(14)22/h2-6,15,17-18,23,28H,7-12H2,1H3,(H,24,27). The minimum absolute atomic E-state index is 0.0754. The molecule has 0 aromatic heterocycles. The number of carbonyl (C=O) groups excluding carboxylic acids is 2. The van der Waals surface area contributed by atoms with E-state index in [4.69, 9.17) is 0 Å². The van der Waals surface area contributed by atoms with Crippen LogP contribution in [0, 0.1) is 17.2 Å². The van der Waals surface area contributed by atoms with Crippen molar-refractivity contribution in [1.82, 2.24) is 15.7 Å².